The topological polar surface area (TPSA) is 87.1 Å². The summed E-state index contributed by atoms with van der Waals surface area (Å²) >= 11 is 0. The van der Waals surface area contributed by atoms with E-state index in [0.29, 0.717) is 11.5 Å². The maximum absolute atomic E-state index is 12.5. The molecular weight excluding hydrogens is 471 g/mol. The predicted octanol–water partition coefficient (Wildman–Crippen LogP) is 6.75. The van der Waals surface area contributed by atoms with Crippen molar-refractivity contribution >= 4 is 30.2 Å². The predicted molar refractivity (Wildman–Crippen MR) is 140 cm³/mol. The van der Waals surface area contributed by atoms with Crippen LogP contribution in [0.2, 0.25) is 0 Å². The van der Waals surface area contributed by atoms with E-state index in [9.17, 15) is 4.57 Å². The number of hydrogen-bond acceptors (Lipinski definition) is 7. The molecule has 0 N–H and O–H groups in total. The van der Waals surface area contributed by atoms with Gasteiger partial charge in [0.15, 0.2) is 0 Å². The molecule has 36 heavy (non-hydrogen) atoms. The van der Waals surface area contributed by atoms with Gasteiger partial charge in [0.05, 0.1) is 22.7 Å². The van der Waals surface area contributed by atoms with E-state index in [1.54, 1.807) is 55.2 Å². The van der Waals surface area contributed by atoms with Gasteiger partial charge in [0.25, 0.3) is 0 Å². The molecule has 0 bridgehead atoms. The van der Waals surface area contributed by atoms with Crippen LogP contribution in [0.25, 0.3) is 44.2 Å². The van der Waals surface area contributed by atoms with Crippen molar-refractivity contribution in [2.45, 2.75) is 0 Å². The van der Waals surface area contributed by atoms with Gasteiger partial charge in [0.1, 0.15) is 11.5 Å². The van der Waals surface area contributed by atoms with Crippen molar-refractivity contribution < 1.29 is 13.6 Å². The van der Waals surface area contributed by atoms with E-state index < -0.39 is 8.25 Å². The molecule has 0 radical (unpaired) electrons. The van der Waals surface area contributed by atoms with Gasteiger partial charge in [-0.1, -0.05) is 24.3 Å². The summed E-state index contributed by atoms with van der Waals surface area (Å²) in [5.41, 5.74) is 6.44. The fraction of sp³-hybridized carbons (Fsp3) is 0. The lowest BCUT2D eigenvalue weighted by Gasteiger charge is -2.10. The van der Waals surface area contributed by atoms with Crippen molar-refractivity contribution in [2.24, 2.45) is 0 Å². The molecule has 6 rings (SSSR count). The molecule has 4 heterocycles. The van der Waals surface area contributed by atoms with Crippen molar-refractivity contribution in [2.75, 3.05) is 0 Å². The van der Waals surface area contributed by atoms with Gasteiger partial charge in [-0.15, -0.1) is 0 Å². The third kappa shape index (κ3) is 4.40. The summed E-state index contributed by atoms with van der Waals surface area (Å²) in [6.45, 7) is 0. The molecule has 174 valence electrons. The molecule has 0 fully saturated rings. The summed E-state index contributed by atoms with van der Waals surface area (Å²) in [6, 6.07) is 24.3. The van der Waals surface area contributed by atoms with Crippen LogP contribution < -0.4 is 9.05 Å². The number of pyridine rings is 4. The number of aromatic nitrogens is 4. The molecule has 0 spiro atoms. The lowest BCUT2D eigenvalue weighted by atomic mass is 10.0. The third-order valence-corrected chi connectivity index (χ3v) is 6.58. The normalized spacial score (nSPS) is 11.9. The largest absolute Gasteiger partial charge is 0.418 e. The molecule has 0 saturated carbocycles. The van der Waals surface area contributed by atoms with Gasteiger partial charge in [-0.2, -0.15) is 0 Å². The van der Waals surface area contributed by atoms with E-state index in [1.807, 2.05) is 54.6 Å². The van der Waals surface area contributed by atoms with Crippen LogP contribution in [0, 0.1) is 0 Å². The molecule has 1 atom stereocenters. The highest BCUT2D eigenvalue weighted by molar-refractivity contribution is 7.34. The third-order valence-electron chi connectivity index (χ3n) is 5.77. The Morgan fingerprint density at radius 1 is 0.583 bits per heavy atom. The van der Waals surface area contributed by atoms with Gasteiger partial charge in [-0.05, 0) is 71.3 Å². The molecule has 6 aromatic rings. The Bertz CT molecular complexity index is 1570. The first-order chi connectivity index (χ1) is 17.7. The molecule has 0 amide bonds. The monoisotopic (exact) mass is 490 g/mol. The first kappa shape index (κ1) is 21.9. The highest BCUT2D eigenvalue weighted by Crippen LogP contribution is 2.34. The minimum atomic E-state index is -2.81. The lowest BCUT2D eigenvalue weighted by molar-refractivity contribution is 0.415. The smallest absolute Gasteiger partial charge is 0.418 e. The molecule has 0 aliphatic carbocycles. The van der Waals surface area contributed by atoms with Gasteiger partial charge in [0, 0.05) is 35.7 Å². The van der Waals surface area contributed by atoms with Crippen LogP contribution in [0.1, 0.15) is 0 Å². The lowest BCUT2D eigenvalue weighted by Crippen LogP contribution is -1.90. The Kier molecular flexibility index (Phi) is 5.82. The number of nitrogens with zero attached hydrogens (tertiary/aromatic N) is 4. The van der Waals surface area contributed by atoms with Crippen LogP contribution >= 0.6 is 8.25 Å². The van der Waals surface area contributed by atoms with Crippen molar-refractivity contribution in [3.63, 3.8) is 0 Å². The molecule has 1 unspecified atom stereocenters. The Morgan fingerprint density at radius 3 is 1.94 bits per heavy atom. The van der Waals surface area contributed by atoms with Gasteiger partial charge < -0.3 is 9.05 Å². The maximum Gasteiger partial charge on any atom is 0.418 e. The second kappa shape index (κ2) is 9.56. The molecule has 0 saturated heterocycles. The van der Waals surface area contributed by atoms with Crippen LogP contribution in [0.15, 0.2) is 110 Å². The van der Waals surface area contributed by atoms with Gasteiger partial charge in [0.2, 0.25) is 0 Å². The maximum atomic E-state index is 12.5. The van der Waals surface area contributed by atoms with E-state index in [0.717, 1.165) is 44.2 Å². The Balaban J connectivity index is 1.15. The summed E-state index contributed by atoms with van der Waals surface area (Å²) in [5.74, 6) is 0.927. The minimum Gasteiger partial charge on any atom is -0.418 e. The highest BCUT2D eigenvalue weighted by Gasteiger charge is 2.09. The number of rotatable bonds is 6. The van der Waals surface area contributed by atoms with E-state index in [2.05, 4.69) is 19.9 Å². The van der Waals surface area contributed by atoms with Crippen molar-refractivity contribution in [1.29, 1.82) is 0 Å². The number of fused-ring (bicyclic) bond motifs is 2. The molecule has 0 aliphatic heterocycles. The molecule has 4 aromatic heterocycles. The summed E-state index contributed by atoms with van der Waals surface area (Å²) in [7, 11) is -2.81. The SMILES string of the molecule is O=[PH](Oc1ccc(-c2ccnc3cnccc23)cc1)Oc1ccc(-c2ccnc3cccnc23)cc1. The summed E-state index contributed by atoms with van der Waals surface area (Å²) in [5, 5.41) is 1.01. The standard InChI is InChI=1S/C28H19N4O3P/c33-36(34-21-7-3-19(4-8-21)23-12-16-31-27-18-29-15-11-25(23)27)35-22-9-5-20(6-10-22)24-13-17-30-26-2-1-14-32-28(24)26/h1-18,36H. The van der Waals surface area contributed by atoms with Crippen LogP contribution in [-0.2, 0) is 4.57 Å². The molecule has 7 nitrogen and oxygen atoms in total. The van der Waals surface area contributed by atoms with Crippen molar-refractivity contribution in [3.05, 3.63) is 110 Å². The Hall–Kier alpha value is -4.61. The average molecular weight is 490 g/mol. The second-order valence-corrected chi connectivity index (χ2v) is 8.89. The van der Waals surface area contributed by atoms with Crippen molar-refractivity contribution in [1.82, 2.24) is 19.9 Å². The molecule has 8 heteroatoms. The fourth-order valence-corrected chi connectivity index (χ4v) is 4.78. The van der Waals surface area contributed by atoms with Crippen LogP contribution in [0.3, 0.4) is 0 Å². The zero-order valence-corrected chi connectivity index (χ0v) is 19.9. The average Bonchev–Trinajstić information content (AvgIpc) is 2.93. The zero-order valence-electron chi connectivity index (χ0n) is 18.9. The van der Waals surface area contributed by atoms with E-state index in [4.69, 9.17) is 9.05 Å². The number of hydrogen-bond donors (Lipinski definition) is 0. The summed E-state index contributed by atoms with van der Waals surface area (Å²) in [4.78, 5) is 17.3. The van der Waals surface area contributed by atoms with Crippen LogP contribution in [0.4, 0.5) is 0 Å². The van der Waals surface area contributed by atoms with E-state index in [1.165, 1.54) is 0 Å². The quantitative estimate of drug-likeness (QED) is 0.239. The van der Waals surface area contributed by atoms with Crippen molar-refractivity contribution in [3.8, 4) is 33.8 Å². The molecule has 2 aromatic carbocycles. The van der Waals surface area contributed by atoms with Gasteiger partial charge >= 0.3 is 8.25 Å². The Morgan fingerprint density at radius 2 is 1.22 bits per heavy atom. The van der Waals surface area contributed by atoms with E-state index in [-0.39, 0.29) is 0 Å². The first-order valence-corrected chi connectivity index (χ1v) is 12.5. The first-order valence-electron chi connectivity index (χ1n) is 11.2. The van der Waals surface area contributed by atoms with E-state index >= 15 is 0 Å². The fourth-order valence-electron chi connectivity index (χ4n) is 4.08. The van der Waals surface area contributed by atoms with Crippen LogP contribution in [-0.4, -0.2) is 19.9 Å². The Labute approximate surface area is 207 Å². The number of benzene rings is 2. The summed E-state index contributed by atoms with van der Waals surface area (Å²) < 4.78 is 23.7. The molecular formula is C28H19N4O3P. The molecule has 0 aliphatic rings. The zero-order chi connectivity index (χ0) is 24.3. The van der Waals surface area contributed by atoms with Gasteiger partial charge in [-0.3, -0.25) is 19.9 Å². The summed E-state index contributed by atoms with van der Waals surface area (Å²) in [6.07, 6.45) is 8.75. The second-order valence-electron chi connectivity index (χ2n) is 7.98. The van der Waals surface area contributed by atoms with Gasteiger partial charge in [-0.25, -0.2) is 4.57 Å². The highest BCUT2D eigenvalue weighted by atomic mass is 31.1. The minimum absolute atomic E-state index is 0.461. The van der Waals surface area contributed by atoms with Crippen LogP contribution in [0.5, 0.6) is 11.5 Å².